The van der Waals surface area contributed by atoms with Gasteiger partial charge in [-0.1, -0.05) is 11.6 Å². The lowest BCUT2D eigenvalue weighted by molar-refractivity contribution is 0.126. The molecule has 0 bridgehead atoms. The van der Waals surface area contributed by atoms with Gasteiger partial charge in [-0.25, -0.2) is 0 Å². The first-order valence-electron chi connectivity index (χ1n) is 6.23. The summed E-state index contributed by atoms with van der Waals surface area (Å²) in [7, 11) is 1.61. The Kier molecular flexibility index (Phi) is 3.74. The molecule has 0 saturated carbocycles. The highest BCUT2D eigenvalue weighted by Crippen LogP contribution is 2.36. The minimum absolute atomic E-state index is 0.0388. The number of methoxy groups -OCH3 is 1. The van der Waals surface area contributed by atoms with Crippen LogP contribution in [0.3, 0.4) is 0 Å². The summed E-state index contributed by atoms with van der Waals surface area (Å²) in [5.74, 6) is 0.677. The summed E-state index contributed by atoms with van der Waals surface area (Å²) in [4.78, 5) is 2.21. The second-order valence-corrected chi connectivity index (χ2v) is 5.84. The molecular formula is C14H20ClNO2. The molecule has 1 unspecified atom stereocenters. The molecule has 100 valence electrons. The van der Waals surface area contributed by atoms with E-state index in [0.29, 0.717) is 17.3 Å². The van der Waals surface area contributed by atoms with Gasteiger partial charge in [0.25, 0.3) is 0 Å². The van der Waals surface area contributed by atoms with Gasteiger partial charge >= 0.3 is 0 Å². The first-order valence-corrected chi connectivity index (χ1v) is 6.61. The van der Waals surface area contributed by atoms with Crippen molar-refractivity contribution in [2.24, 2.45) is 0 Å². The van der Waals surface area contributed by atoms with E-state index < -0.39 is 0 Å². The number of anilines is 1. The van der Waals surface area contributed by atoms with Gasteiger partial charge in [0.1, 0.15) is 5.75 Å². The van der Waals surface area contributed by atoms with Crippen molar-refractivity contribution in [3.05, 3.63) is 23.2 Å². The molecular weight excluding hydrogens is 250 g/mol. The van der Waals surface area contributed by atoms with Crippen LogP contribution in [0.25, 0.3) is 0 Å². The summed E-state index contributed by atoms with van der Waals surface area (Å²) >= 11 is 6.16. The molecule has 1 saturated heterocycles. The fourth-order valence-corrected chi connectivity index (χ4v) is 2.73. The molecule has 1 heterocycles. The number of hydrogen-bond donors (Lipinski definition) is 1. The van der Waals surface area contributed by atoms with E-state index in [2.05, 4.69) is 18.7 Å². The average molecular weight is 270 g/mol. The van der Waals surface area contributed by atoms with Crippen LogP contribution in [0.5, 0.6) is 5.75 Å². The fourth-order valence-electron chi connectivity index (χ4n) is 2.48. The molecule has 0 aromatic heterocycles. The normalized spacial score (nSPS) is 22.9. The van der Waals surface area contributed by atoms with Crippen molar-refractivity contribution in [1.82, 2.24) is 0 Å². The fraction of sp³-hybridized carbons (Fsp3) is 0.571. The maximum absolute atomic E-state index is 9.84. The van der Waals surface area contributed by atoms with Crippen molar-refractivity contribution < 1.29 is 9.84 Å². The highest BCUT2D eigenvalue weighted by molar-refractivity contribution is 6.32. The van der Waals surface area contributed by atoms with Crippen molar-refractivity contribution in [2.45, 2.75) is 38.3 Å². The molecule has 0 radical (unpaired) electrons. The summed E-state index contributed by atoms with van der Waals surface area (Å²) in [6.45, 7) is 5.03. The van der Waals surface area contributed by atoms with Gasteiger partial charge in [-0.2, -0.15) is 0 Å². The van der Waals surface area contributed by atoms with E-state index in [1.807, 2.05) is 18.2 Å². The van der Waals surface area contributed by atoms with Crippen molar-refractivity contribution in [1.29, 1.82) is 0 Å². The quantitative estimate of drug-likeness (QED) is 0.896. The number of nitrogens with zero attached hydrogens (tertiary/aromatic N) is 1. The van der Waals surface area contributed by atoms with Crippen LogP contribution in [-0.4, -0.2) is 30.4 Å². The van der Waals surface area contributed by atoms with E-state index >= 15 is 0 Å². The Bertz CT molecular complexity index is 434. The SMILES string of the molecule is COc1ccc(N2CC(O)CCC2(C)C)cc1Cl. The van der Waals surface area contributed by atoms with Gasteiger partial charge in [-0.05, 0) is 44.9 Å². The Morgan fingerprint density at radius 3 is 2.78 bits per heavy atom. The topological polar surface area (TPSA) is 32.7 Å². The molecule has 3 nitrogen and oxygen atoms in total. The molecule has 1 aromatic rings. The number of ether oxygens (including phenoxy) is 1. The van der Waals surface area contributed by atoms with Crippen molar-refractivity contribution in [3.63, 3.8) is 0 Å². The summed E-state index contributed by atoms with van der Waals surface area (Å²) in [6.07, 6.45) is 1.56. The van der Waals surface area contributed by atoms with Crippen molar-refractivity contribution >= 4 is 17.3 Å². The molecule has 1 fully saturated rings. The summed E-state index contributed by atoms with van der Waals surface area (Å²) in [5.41, 5.74) is 1.07. The molecule has 1 aliphatic heterocycles. The number of halogens is 1. The van der Waals surface area contributed by atoms with Crippen LogP contribution < -0.4 is 9.64 Å². The molecule has 1 aliphatic rings. The van der Waals surface area contributed by atoms with Crippen LogP contribution in [0.2, 0.25) is 5.02 Å². The minimum Gasteiger partial charge on any atom is -0.495 e. The lowest BCUT2D eigenvalue weighted by atomic mass is 9.88. The van der Waals surface area contributed by atoms with Crippen LogP contribution >= 0.6 is 11.6 Å². The number of aliphatic hydroxyl groups is 1. The second kappa shape index (κ2) is 4.98. The zero-order valence-corrected chi connectivity index (χ0v) is 11.9. The van der Waals surface area contributed by atoms with Gasteiger partial charge in [-0.15, -0.1) is 0 Å². The molecule has 2 rings (SSSR count). The monoisotopic (exact) mass is 269 g/mol. The Morgan fingerprint density at radius 2 is 2.17 bits per heavy atom. The lowest BCUT2D eigenvalue weighted by Gasteiger charge is -2.46. The standard InChI is InChI=1S/C14H20ClNO2/c1-14(2)7-6-11(17)9-16(14)10-4-5-13(18-3)12(15)8-10/h4-5,8,11,17H,6-7,9H2,1-3H3. The van der Waals surface area contributed by atoms with Crippen LogP contribution in [0.15, 0.2) is 18.2 Å². The maximum atomic E-state index is 9.84. The Balaban J connectivity index is 2.31. The number of β-amino-alcohol motifs (C(OH)–C–C–N with tert-alkyl or cyclic N) is 1. The van der Waals surface area contributed by atoms with Crippen molar-refractivity contribution in [2.75, 3.05) is 18.6 Å². The molecule has 4 heteroatoms. The van der Waals surface area contributed by atoms with Crippen LogP contribution in [0.4, 0.5) is 5.69 Å². The smallest absolute Gasteiger partial charge is 0.137 e. The minimum atomic E-state index is -0.265. The van der Waals surface area contributed by atoms with Crippen molar-refractivity contribution in [3.8, 4) is 5.75 Å². The third-order valence-electron chi connectivity index (χ3n) is 3.66. The zero-order valence-electron chi connectivity index (χ0n) is 11.1. The van der Waals surface area contributed by atoms with E-state index in [4.69, 9.17) is 16.3 Å². The molecule has 18 heavy (non-hydrogen) atoms. The molecule has 0 spiro atoms. The second-order valence-electron chi connectivity index (χ2n) is 5.43. The third-order valence-corrected chi connectivity index (χ3v) is 3.96. The Morgan fingerprint density at radius 1 is 1.44 bits per heavy atom. The Labute approximate surface area is 113 Å². The third kappa shape index (κ3) is 2.57. The molecule has 0 aliphatic carbocycles. The lowest BCUT2D eigenvalue weighted by Crippen LogP contribution is -2.52. The first kappa shape index (κ1) is 13.5. The van der Waals surface area contributed by atoms with Gasteiger partial charge in [0.2, 0.25) is 0 Å². The van der Waals surface area contributed by atoms with Gasteiger partial charge < -0.3 is 14.7 Å². The van der Waals surface area contributed by atoms with Crippen LogP contribution in [-0.2, 0) is 0 Å². The zero-order chi connectivity index (χ0) is 13.3. The van der Waals surface area contributed by atoms with Gasteiger partial charge in [0.05, 0.1) is 18.2 Å². The van der Waals surface area contributed by atoms with Gasteiger partial charge in [0, 0.05) is 17.8 Å². The Hall–Kier alpha value is -0.930. The number of aliphatic hydroxyl groups excluding tert-OH is 1. The van der Waals surface area contributed by atoms with E-state index in [1.165, 1.54) is 0 Å². The summed E-state index contributed by atoms with van der Waals surface area (Å²) in [6, 6.07) is 5.76. The highest BCUT2D eigenvalue weighted by Gasteiger charge is 2.33. The number of piperidine rings is 1. The molecule has 1 N–H and O–H groups in total. The van der Waals surface area contributed by atoms with E-state index in [9.17, 15) is 5.11 Å². The molecule has 1 atom stereocenters. The first-order chi connectivity index (χ1) is 8.44. The summed E-state index contributed by atoms with van der Waals surface area (Å²) in [5, 5.41) is 10.4. The van der Waals surface area contributed by atoms with Crippen LogP contribution in [0, 0.1) is 0 Å². The summed E-state index contributed by atoms with van der Waals surface area (Å²) < 4.78 is 5.16. The predicted molar refractivity (Wildman–Crippen MR) is 74.7 cm³/mol. The molecule has 0 amide bonds. The van der Waals surface area contributed by atoms with E-state index in [-0.39, 0.29) is 11.6 Å². The van der Waals surface area contributed by atoms with Gasteiger partial charge in [0.15, 0.2) is 0 Å². The van der Waals surface area contributed by atoms with Gasteiger partial charge in [-0.3, -0.25) is 0 Å². The van der Waals surface area contributed by atoms with E-state index in [1.54, 1.807) is 7.11 Å². The van der Waals surface area contributed by atoms with E-state index in [0.717, 1.165) is 18.5 Å². The number of rotatable bonds is 2. The predicted octanol–water partition coefficient (Wildman–Crippen LogP) is 3.09. The number of hydrogen-bond acceptors (Lipinski definition) is 3. The molecule has 1 aromatic carbocycles. The highest BCUT2D eigenvalue weighted by atomic mass is 35.5. The van der Waals surface area contributed by atoms with Crippen LogP contribution in [0.1, 0.15) is 26.7 Å². The number of benzene rings is 1. The largest absolute Gasteiger partial charge is 0.495 e. The maximum Gasteiger partial charge on any atom is 0.137 e. The average Bonchev–Trinajstić information content (AvgIpc) is 2.32.